The number of carbonyl (C=O) groups is 1. The summed E-state index contributed by atoms with van der Waals surface area (Å²) >= 11 is 6.04. The third-order valence-corrected chi connectivity index (χ3v) is 4.32. The molecule has 6 heteroatoms. The summed E-state index contributed by atoms with van der Waals surface area (Å²) in [5.74, 6) is 0.259. The van der Waals surface area contributed by atoms with Gasteiger partial charge in [-0.1, -0.05) is 31.9 Å². The molecule has 0 saturated heterocycles. The van der Waals surface area contributed by atoms with Crippen LogP contribution in [0.4, 0.5) is 5.69 Å². The van der Waals surface area contributed by atoms with Crippen LogP contribution in [0.2, 0.25) is 5.02 Å². The smallest absolute Gasteiger partial charge is 0.241 e. The average molecular weight is 317 g/mol. The zero-order valence-electron chi connectivity index (χ0n) is 12.0. The number of hydrogen-bond acceptors (Lipinski definition) is 3. The molecule has 1 amide bonds. The lowest BCUT2D eigenvalue weighted by atomic mass is 9.99. The van der Waals surface area contributed by atoms with E-state index < -0.39 is 16.8 Å². The monoisotopic (exact) mass is 316 g/mol. The van der Waals surface area contributed by atoms with Gasteiger partial charge in [-0.05, 0) is 29.7 Å². The highest BCUT2D eigenvalue weighted by molar-refractivity contribution is 7.83. The van der Waals surface area contributed by atoms with Crippen LogP contribution in [-0.2, 0) is 21.3 Å². The Bertz CT molecular complexity index is 508. The largest absolute Gasteiger partial charge is 0.325 e. The van der Waals surface area contributed by atoms with Crippen LogP contribution >= 0.6 is 11.6 Å². The number of anilines is 1. The summed E-state index contributed by atoms with van der Waals surface area (Å²) in [7, 11) is -0.987. The van der Waals surface area contributed by atoms with Gasteiger partial charge in [0.15, 0.2) is 0 Å². The predicted octanol–water partition coefficient (Wildman–Crippen LogP) is 2.53. The molecule has 20 heavy (non-hydrogen) atoms. The van der Waals surface area contributed by atoms with Crippen LogP contribution in [0.25, 0.3) is 0 Å². The SMILES string of the molecule is CCC(C)C(N)C(=O)Nc1ccc(Cl)c(CS(C)=O)c1. The maximum atomic E-state index is 12.0. The van der Waals surface area contributed by atoms with Crippen molar-refractivity contribution in [3.63, 3.8) is 0 Å². The Balaban J connectivity index is 2.82. The molecule has 0 aliphatic carbocycles. The molecule has 0 heterocycles. The fourth-order valence-electron chi connectivity index (χ4n) is 1.72. The Morgan fingerprint density at radius 3 is 2.70 bits per heavy atom. The van der Waals surface area contributed by atoms with Crippen molar-refractivity contribution in [1.29, 1.82) is 0 Å². The lowest BCUT2D eigenvalue weighted by Crippen LogP contribution is -2.40. The summed E-state index contributed by atoms with van der Waals surface area (Å²) in [5.41, 5.74) is 7.26. The standard InChI is InChI=1S/C14H21ClN2O2S/c1-4-9(2)13(16)14(18)17-11-5-6-12(15)10(7-11)8-20(3)19/h5-7,9,13H,4,8,16H2,1-3H3,(H,17,18). The van der Waals surface area contributed by atoms with Gasteiger partial charge in [0.25, 0.3) is 0 Å². The van der Waals surface area contributed by atoms with E-state index >= 15 is 0 Å². The molecule has 3 atom stereocenters. The number of nitrogens with two attached hydrogens (primary N) is 1. The third-order valence-electron chi connectivity index (χ3n) is 3.23. The first-order valence-corrected chi connectivity index (χ1v) is 8.60. The lowest BCUT2D eigenvalue weighted by Gasteiger charge is -2.18. The highest BCUT2D eigenvalue weighted by Gasteiger charge is 2.19. The molecule has 1 aromatic rings. The number of hydrogen-bond donors (Lipinski definition) is 2. The number of rotatable bonds is 6. The van der Waals surface area contributed by atoms with Gasteiger partial charge in [0, 0.05) is 33.5 Å². The summed E-state index contributed by atoms with van der Waals surface area (Å²) in [6.07, 6.45) is 2.45. The van der Waals surface area contributed by atoms with E-state index in [2.05, 4.69) is 5.32 Å². The van der Waals surface area contributed by atoms with Crippen molar-refractivity contribution in [2.45, 2.75) is 32.1 Å². The minimum absolute atomic E-state index is 0.116. The lowest BCUT2D eigenvalue weighted by molar-refractivity contribution is -0.118. The molecule has 3 N–H and O–H groups in total. The number of carbonyl (C=O) groups excluding carboxylic acids is 1. The van der Waals surface area contributed by atoms with Gasteiger partial charge in [-0.3, -0.25) is 9.00 Å². The van der Waals surface area contributed by atoms with Crippen LogP contribution in [0.15, 0.2) is 18.2 Å². The minimum atomic E-state index is -0.987. The molecule has 0 aromatic heterocycles. The molecular weight excluding hydrogens is 296 g/mol. The summed E-state index contributed by atoms with van der Waals surface area (Å²) in [4.78, 5) is 12.0. The highest BCUT2D eigenvalue weighted by Crippen LogP contribution is 2.22. The van der Waals surface area contributed by atoms with Crippen molar-refractivity contribution in [2.75, 3.05) is 11.6 Å². The molecule has 4 nitrogen and oxygen atoms in total. The minimum Gasteiger partial charge on any atom is -0.325 e. The first-order chi connectivity index (χ1) is 9.35. The Morgan fingerprint density at radius 2 is 2.15 bits per heavy atom. The van der Waals surface area contributed by atoms with E-state index in [4.69, 9.17) is 17.3 Å². The second-order valence-corrected chi connectivity index (χ2v) is 6.77. The molecule has 1 aromatic carbocycles. The van der Waals surface area contributed by atoms with Gasteiger partial charge < -0.3 is 11.1 Å². The van der Waals surface area contributed by atoms with Crippen molar-refractivity contribution < 1.29 is 9.00 Å². The summed E-state index contributed by atoms with van der Waals surface area (Å²) in [6.45, 7) is 3.94. The van der Waals surface area contributed by atoms with E-state index in [1.54, 1.807) is 24.5 Å². The second-order valence-electron chi connectivity index (χ2n) is 4.92. The van der Waals surface area contributed by atoms with E-state index in [9.17, 15) is 9.00 Å². The Morgan fingerprint density at radius 1 is 1.50 bits per heavy atom. The van der Waals surface area contributed by atoms with E-state index in [1.165, 1.54) is 0 Å². The van der Waals surface area contributed by atoms with Crippen molar-refractivity contribution in [1.82, 2.24) is 0 Å². The van der Waals surface area contributed by atoms with E-state index in [0.29, 0.717) is 16.5 Å². The first-order valence-electron chi connectivity index (χ1n) is 6.50. The second kappa shape index (κ2) is 7.76. The highest BCUT2D eigenvalue weighted by atomic mass is 35.5. The van der Waals surface area contributed by atoms with Crippen LogP contribution in [0.1, 0.15) is 25.8 Å². The van der Waals surface area contributed by atoms with Crippen LogP contribution in [0.3, 0.4) is 0 Å². The number of amides is 1. The maximum Gasteiger partial charge on any atom is 0.241 e. The van der Waals surface area contributed by atoms with E-state index in [-0.39, 0.29) is 11.8 Å². The van der Waals surface area contributed by atoms with Gasteiger partial charge in [-0.2, -0.15) is 0 Å². The summed E-state index contributed by atoms with van der Waals surface area (Å²) < 4.78 is 11.3. The molecule has 1 rings (SSSR count). The van der Waals surface area contributed by atoms with Crippen molar-refractivity contribution in [3.8, 4) is 0 Å². The quantitative estimate of drug-likeness (QED) is 0.847. The molecule has 0 aliphatic rings. The van der Waals surface area contributed by atoms with Gasteiger partial charge in [0.05, 0.1) is 6.04 Å². The van der Waals surface area contributed by atoms with Gasteiger partial charge in [-0.25, -0.2) is 0 Å². The van der Waals surface area contributed by atoms with Gasteiger partial charge in [-0.15, -0.1) is 0 Å². The van der Waals surface area contributed by atoms with Crippen LogP contribution < -0.4 is 11.1 Å². The molecule has 0 fully saturated rings. The Labute approximate surface area is 127 Å². The molecule has 0 aliphatic heterocycles. The van der Waals surface area contributed by atoms with Gasteiger partial charge in [0.1, 0.15) is 0 Å². The van der Waals surface area contributed by atoms with Gasteiger partial charge in [0.2, 0.25) is 5.91 Å². The molecular formula is C14H21ClN2O2S. The molecule has 3 unspecified atom stereocenters. The van der Waals surface area contributed by atoms with E-state index in [0.717, 1.165) is 12.0 Å². The summed E-state index contributed by atoms with van der Waals surface area (Å²) in [6, 6.07) is 4.60. The molecule has 112 valence electrons. The topological polar surface area (TPSA) is 72.2 Å². The Kier molecular flexibility index (Phi) is 6.65. The third kappa shape index (κ3) is 4.89. The molecule has 0 radical (unpaired) electrons. The van der Waals surface area contributed by atoms with Crippen LogP contribution in [-0.4, -0.2) is 22.4 Å². The van der Waals surface area contributed by atoms with Crippen molar-refractivity contribution in [2.24, 2.45) is 11.7 Å². The molecule has 0 spiro atoms. The molecule has 0 saturated carbocycles. The number of benzene rings is 1. The van der Waals surface area contributed by atoms with Crippen molar-refractivity contribution >= 4 is 34.0 Å². The predicted molar refractivity (Wildman–Crippen MR) is 85.3 cm³/mol. The maximum absolute atomic E-state index is 12.0. The van der Waals surface area contributed by atoms with Gasteiger partial charge >= 0.3 is 0 Å². The average Bonchev–Trinajstić information content (AvgIpc) is 2.40. The van der Waals surface area contributed by atoms with Crippen LogP contribution in [0.5, 0.6) is 0 Å². The normalized spacial score (nSPS) is 15.4. The fourth-order valence-corrected chi connectivity index (χ4v) is 2.66. The zero-order chi connectivity index (χ0) is 15.3. The van der Waals surface area contributed by atoms with E-state index in [1.807, 2.05) is 13.8 Å². The fraction of sp³-hybridized carbons (Fsp3) is 0.500. The number of halogens is 1. The first kappa shape index (κ1) is 17.1. The zero-order valence-corrected chi connectivity index (χ0v) is 13.6. The summed E-state index contributed by atoms with van der Waals surface area (Å²) in [5, 5.41) is 3.32. The molecule has 0 bridgehead atoms. The number of nitrogens with one attached hydrogen (secondary N) is 1. The Hall–Kier alpha value is -0.910. The van der Waals surface area contributed by atoms with Crippen LogP contribution in [0, 0.1) is 5.92 Å². The van der Waals surface area contributed by atoms with Crippen molar-refractivity contribution in [3.05, 3.63) is 28.8 Å².